The number of hydrogen-bond acceptors (Lipinski definition) is 2. The fourth-order valence-corrected chi connectivity index (χ4v) is 2.95. The van der Waals surface area contributed by atoms with Gasteiger partial charge in [-0.2, -0.15) is 0 Å². The Balaban J connectivity index is 1.68. The summed E-state index contributed by atoms with van der Waals surface area (Å²) in [5.41, 5.74) is 4.48. The van der Waals surface area contributed by atoms with E-state index >= 15 is 0 Å². The van der Waals surface area contributed by atoms with Crippen molar-refractivity contribution in [3.63, 3.8) is 0 Å². The van der Waals surface area contributed by atoms with Crippen LogP contribution in [-0.4, -0.2) is 21.5 Å². The van der Waals surface area contributed by atoms with Crippen LogP contribution in [0.15, 0.2) is 42.7 Å². The molecule has 1 aliphatic carbocycles. The highest BCUT2D eigenvalue weighted by molar-refractivity contribution is 5.84. The van der Waals surface area contributed by atoms with Crippen LogP contribution in [-0.2, 0) is 11.3 Å². The van der Waals surface area contributed by atoms with Crippen LogP contribution in [0, 0.1) is 12.7 Å². The molecule has 2 heterocycles. The minimum Gasteiger partial charge on any atom is -0.352 e. The third-order valence-electron chi connectivity index (χ3n) is 4.38. The molecule has 0 unspecified atom stereocenters. The lowest BCUT2D eigenvalue weighted by Gasteiger charge is -2.09. The number of fused-ring (bicyclic) bond motifs is 1. The first-order valence-electron chi connectivity index (χ1n) is 8.11. The number of rotatable bonds is 4. The van der Waals surface area contributed by atoms with Crippen LogP contribution in [0.1, 0.15) is 18.4 Å². The number of aryl methyl sites for hydroxylation is 1. The van der Waals surface area contributed by atoms with Crippen molar-refractivity contribution >= 4 is 16.9 Å². The van der Waals surface area contributed by atoms with Gasteiger partial charge in [0.2, 0.25) is 5.91 Å². The molecule has 4 nitrogen and oxygen atoms in total. The van der Waals surface area contributed by atoms with E-state index in [9.17, 15) is 9.18 Å². The van der Waals surface area contributed by atoms with E-state index in [-0.39, 0.29) is 18.3 Å². The molecule has 1 aromatic carbocycles. The minimum atomic E-state index is -0.245. The summed E-state index contributed by atoms with van der Waals surface area (Å²) in [5, 5.41) is 3.00. The van der Waals surface area contributed by atoms with E-state index in [4.69, 9.17) is 0 Å². The third kappa shape index (κ3) is 2.89. The number of benzene rings is 1. The quantitative estimate of drug-likeness (QED) is 0.799. The van der Waals surface area contributed by atoms with Gasteiger partial charge in [-0.15, -0.1) is 0 Å². The molecule has 0 spiro atoms. The highest BCUT2D eigenvalue weighted by Crippen LogP contribution is 2.27. The Labute approximate surface area is 139 Å². The molecule has 0 bridgehead atoms. The number of halogens is 1. The standard InChI is InChI=1S/C19H18FN3O/c1-12-8-14(20)2-5-16(12)13-9-18-17(21-10-13)6-7-23(18)11-19(24)22-15-3-4-15/h2,5-10,15H,3-4,11H2,1H3,(H,22,24). The van der Waals surface area contributed by atoms with E-state index in [1.54, 1.807) is 12.3 Å². The van der Waals surface area contributed by atoms with Gasteiger partial charge >= 0.3 is 0 Å². The molecular formula is C19H18FN3O. The molecule has 1 fully saturated rings. The lowest BCUT2D eigenvalue weighted by molar-refractivity contribution is -0.121. The summed E-state index contributed by atoms with van der Waals surface area (Å²) in [7, 11) is 0. The molecular weight excluding hydrogens is 305 g/mol. The van der Waals surface area contributed by atoms with Crippen molar-refractivity contribution in [2.75, 3.05) is 0 Å². The van der Waals surface area contributed by atoms with Crippen molar-refractivity contribution in [3.05, 3.63) is 54.1 Å². The summed E-state index contributed by atoms with van der Waals surface area (Å²) >= 11 is 0. The van der Waals surface area contributed by atoms with Crippen molar-refractivity contribution in [1.29, 1.82) is 0 Å². The van der Waals surface area contributed by atoms with Crippen molar-refractivity contribution in [3.8, 4) is 11.1 Å². The lowest BCUT2D eigenvalue weighted by atomic mass is 10.0. The SMILES string of the molecule is Cc1cc(F)ccc1-c1cnc2ccn(CC(=O)NC3CC3)c2c1. The fourth-order valence-electron chi connectivity index (χ4n) is 2.95. The van der Waals surface area contributed by atoms with Crippen LogP contribution in [0.25, 0.3) is 22.2 Å². The number of nitrogens with one attached hydrogen (secondary N) is 1. The van der Waals surface area contributed by atoms with Gasteiger partial charge in [0.15, 0.2) is 0 Å². The Bertz CT molecular complexity index is 928. The van der Waals surface area contributed by atoms with E-state index in [0.29, 0.717) is 6.04 Å². The van der Waals surface area contributed by atoms with E-state index < -0.39 is 0 Å². The first kappa shape index (κ1) is 14.9. The highest BCUT2D eigenvalue weighted by Gasteiger charge is 2.23. The summed E-state index contributed by atoms with van der Waals surface area (Å²) in [5.74, 6) is -0.219. The molecule has 3 aromatic rings. The molecule has 0 atom stereocenters. The van der Waals surface area contributed by atoms with Gasteiger partial charge in [0.1, 0.15) is 12.4 Å². The zero-order valence-corrected chi connectivity index (χ0v) is 13.4. The molecule has 1 amide bonds. The zero-order valence-electron chi connectivity index (χ0n) is 13.4. The molecule has 1 saturated carbocycles. The zero-order chi connectivity index (χ0) is 16.7. The first-order valence-corrected chi connectivity index (χ1v) is 8.11. The maximum Gasteiger partial charge on any atom is 0.240 e. The highest BCUT2D eigenvalue weighted by atomic mass is 19.1. The summed E-state index contributed by atoms with van der Waals surface area (Å²) in [6.07, 6.45) is 5.82. The van der Waals surface area contributed by atoms with Gasteiger partial charge in [0.05, 0.1) is 11.0 Å². The van der Waals surface area contributed by atoms with Crippen LogP contribution >= 0.6 is 0 Å². The number of nitrogens with zero attached hydrogens (tertiary/aromatic N) is 2. The van der Waals surface area contributed by atoms with E-state index in [0.717, 1.165) is 40.6 Å². The lowest BCUT2D eigenvalue weighted by Crippen LogP contribution is -2.29. The molecule has 5 heteroatoms. The van der Waals surface area contributed by atoms with E-state index in [1.807, 2.05) is 29.8 Å². The Morgan fingerprint density at radius 3 is 2.92 bits per heavy atom. The average molecular weight is 323 g/mol. The Morgan fingerprint density at radius 2 is 2.17 bits per heavy atom. The van der Waals surface area contributed by atoms with Crippen molar-refractivity contribution in [1.82, 2.24) is 14.9 Å². The second-order valence-corrected chi connectivity index (χ2v) is 6.37. The predicted octanol–water partition coefficient (Wildman–Crippen LogP) is 3.43. The number of carbonyl (C=O) groups excluding carboxylic acids is 1. The molecule has 24 heavy (non-hydrogen) atoms. The van der Waals surface area contributed by atoms with Crippen LogP contribution in [0.2, 0.25) is 0 Å². The third-order valence-corrected chi connectivity index (χ3v) is 4.38. The molecule has 0 aliphatic heterocycles. The molecule has 1 aliphatic rings. The second-order valence-electron chi connectivity index (χ2n) is 6.37. The first-order chi connectivity index (χ1) is 11.6. The van der Waals surface area contributed by atoms with Crippen molar-refractivity contribution in [2.45, 2.75) is 32.4 Å². The topological polar surface area (TPSA) is 46.9 Å². The summed E-state index contributed by atoms with van der Waals surface area (Å²) in [6.45, 7) is 2.16. The predicted molar refractivity (Wildman–Crippen MR) is 91.0 cm³/mol. The molecule has 0 radical (unpaired) electrons. The van der Waals surface area contributed by atoms with Crippen molar-refractivity contribution < 1.29 is 9.18 Å². The number of amides is 1. The Kier molecular flexibility index (Phi) is 3.56. The van der Waals surface area contributed by atoms with Crippen LogP contribution in [0.5, 0.6) is 0 Å². The summed E-state index contributed by atoms with van der Waals surface area (Å²) in [4.78, 5) is 16.5. The Morgan fingerprint density at radius 1 is 1.33 bits per heavy atom. The van der Waals surface area contributed by atoms with Crippen LogP contribution in [0.4, 0.5) is 4.39 Å². The van der Waals surface area contributed by atoms with Crippen LogP contribution in [0.3, 0.4) is 0 Å². The Hall–Kier alpha value is -2.69. The molecule has 122 valence electrons. The normalized spacial score (nSPS) is 14.1. The smallest absolute Gasteiger partial charge is 0.240 e. The van der Waals surface area contributed by atoms with Gasteiger partial charge in [-0.05, 0) is 55.2 Å². The van der Waals surface area contributed by atoms with Gasteiger partial charge in [-0.3, -0.25) is 9.78 Å². The van der Waals surface area contributed by atoms with Gasteiger partial charge in [0.25, 0.3) is 0 Å². The largest absolute Gasteiger partial charge is 0.352 e. The van der Waals surface area contributed by atoms with E-state index in [2.05, 4.69) is 10.3 Å². The summed E-state index contributed by atoms with van der Waals surface area (Å²) in [6, 6.07) is 9.00. The average Bonchev–Trinajstić information content (AvgIpc) is 3.27. The summed E-state index contributed by atoms with van der Waals surface area (Å²) < 4.78 is 15.2. The maximum absolute atomic E-state index is 13.3. The van der Waals surface area contributed by atoms with Gasteiger partial charge in [-0.1, -0.05) is 6.07 Å². The van der Waals surface area contributed by atoms with Crippen molar-refractivity contribution in [2.24, 2.45) is 0 Å². The number of aromatic nitrogens is 2. The number of pyridine rings is 1. The minimum absolute atomic E-state index is 0.0263. The molecule has 0 saturated heterocycles. The van der Waals surface area contributed by atoms with Gasteiger partial charge in [0, 0.05) is 24.0 Å². The van der Waals surface area contributed by atoms with Crippen LogP contribution < -0.4 is 5.32 Å². The van der Waals surface area contributed by atoms with Gasteiger partial charge in [-0.25, -0.2) is 4.39 Å². The molecule has 1 N–H and O–H groups in total. The number of hydrogen-bond donors (Lipinski definition) is 1. The molecule has 2 aromatic heterocycles. The molecule has 4 rings (SSSR count). The monoisotopic (exact) mass is 323 g/mol. The van der Waals surface area contributed by atoms with E-state index in [1.165, 1.54) is 12.1 Å². The maximum atomic E-state index is 13.3. The van der Waals surface area contributed by atoms with Gasteiger partial charge < -0.3 is 9.88 Å². The fraction of sp³-hybridized carbons (Fsp3) is 0.263. The number of carbonyl (C=O) groups is 1. The second kappa shape index (κ2) is 5.74.